The van der Waals surface area contributed by atoms with Crippen molar-refractivity contribution in [1.82, 2.24) is 65.1 Å². The van der Waals surface area contributed by atoms with Gasteiger partial charge in [0.15, 0.2) is 0 Å². The van der Waals surface area contributed by atoms with Gasteiger partial charge < -0.3 is 50.6 Å². The van der Waals surface area contributed by atoms with Crippen LogP contribution in [0.25, 0.3) is 49.9 Å². The van der Waals surface area contributed by atoms with Crippen LogP contribution in [0.3, 0.4) is 0 Å². The van der Waals surface area contributed by atoms with E-state index in [1.165, 1.54) is 0 Å². The Bertz CT molecular complexity index is 5070. The van der Waals surface area contributed by atoms with Crippen LogP contribution in [0.2, 0.25) is 0 Å². The van der Waals surface area contributed by atoms with Crippen molar-refractivity contribution in [3.63, 3.8) is 0 Å². The summed E-state index contributed by atoms with van der Waals surface area (Å²) in [7, 11) is 0. The molecular formula is C82H85N19O6. The van der Waals surface area contributed by atoms with Crippen molar-refractivity contribution >= 4 is 51.8 Å². The molecule has 13 rings (SSSR count). The van der Waals surface area contributed by atoms with Gasteiger partial charge in [0.2, 0.25) is 5.91 Å². The van der Waals surface area contributed by atoms with Gasteiger partial charge in [-0.2, -0.15) is 31.1 Å². The third-order valence-electron chi connectivity index (χ3n) is 19.7. The number of carbonyl (C=O) groups excluding carboxylic acids is 3. The maximum absolute atomic E-state index is 12.8. The molecule has 11 heterocycles. The highest BCUT2D eigenvalue weighted by Crippen LogP contribution is 2.38. The van der Waals surface area contributed by atoms with Gasteiger partial charge in [-0.05, 0) is 165 Å². The number of anilines is 3. The molecule has 3 aliphatic rings. The second kappa shape index (κ2) is 34.9. The Balaban J connectivity index is 0.000000160. The fourth-order valence-electron chi connectivity index (χ4n) is 13.9. The zero-order chi connectivity index (χ0) is 75.5. The second-order valence-electron chi connectivity index (χ2n) is 26.6. The molecule has 0 unspecified atom stereocenters. The number of urea groups is 2. The average Bonchev–Trinajstić information content (AvgIpc) is 1.69. The van der Waals surface area contributed by atoms with Crippen LogP contribution >= 0.6 is 0 Å². The minimum Gasteiger partial charge on any atom is -0.492 e. The van der Waals surface area contributed by atoms with Gasteiger partial charge >= 0.3 is 12.1 Å². The van der Waals surface area contributed by atoms with E-state index in [-0.39, 0.29) is 48.1 Å². The molecule has 107 heavy (non-hydrogen) atoms. The number of nitrogens with zero attached hydrogens (tertiary/aromatic N) is 14. The molecule has 1 saturated carbocycles. The zero-order valence-corrected chi connectivity index (χ0v) is 60.7. The SMILES string of the molecule is C#CCNC(=O)NC1(C)CCC(Cc2ccc(-c3cc(OCC)cn4ncc(C#N)c34)cn2)CC1.C#CCNC(=O)NC1(CC)CCN(c2ccc(-c3cc(OCC)cn4ncc(C#N)c34)cn2)CC1.C#Cc1cccc(NC(=O)C2CCN(c3ccc(-c4cc(OCC)cn5ncc(C#N)c45)cn3)CC2)c1. The first-order valence-corrected chi connectivity index (χ1v) is 35.9. The molecule has 1 aromatic carbocycles. The fourth-order valence-corrected chi connectivity index (χ4v) is 13.9. The Morgan fingerprint density at radius 2 is 1.01 bits per heavy atom. The zero-order valence-electron chi connectivity index (χ0n) is 60.7. The minimum absolute atomic E-state index is 0.0180. The molecule has 3 fully saturated rings. The lowest BCUT2D eigenvalue weighted by molar-refractivity contribution is -0.120. The quantitative estimate of drug-likeness (QED) is 0.0443. The molecule has 5 N–H and O–H groups in total. The molecule has 0 bridgehead atoms. The van der Waals surface area contributed by atoms with Crippen molar-refractivity contribution in [1.29, 1.82) is 15.8 Å². The van der Waals surface area contributed by atoms with Crippen molar-refractivity contribution in [2.24, 2.45) is 11.8 Å². The molecule has 9 aromatic heterocycles. The van der Waals surface area contributed by atoms with E-state index < -0.39 is 0 Å². The number of ether oxygens (including phenoxy) is 3. The lowest BCUT2D eigenvalue weighted by atomic mass is 9.76. The monoisotopic (exact) mass is 1430 g/mol. The summed E-state index contributed by atoms with van der Waals surface area (Å²) in [6, 6.07) is 31.4. The first kappa shape index (κ1) is 75.1. The van der Waals surface area contributed by atoms with Crippen LogP contribution in [-0.4, -0.2) is 132 Å². The predicted octanol–water partition coefficient (Wildman–Crippen LogP) is 11.9. The van der Waals surface area contributed by atoms with E-state index in [0.29, 0.717) is 59.7 Å². The number of carbonyl (C=O) groups is 3. The fraction of sp³-hybridized carbons (Fsp3) is 0.341. The normalized spacial score (nSPS) is 15.9. The summed E-state index contributed by atoms with van der Waals surface area (Å²) >= 11 is 0. The maximum Gasteiger partial charge on any atom is 0.315 e. The lowest BCUT2D eigenvalue weighted by Crippen LogP contribution is -2.57. The molecule has 25 heteroatoms. The summed E-state index contributed by atoms with van der Waals surface area (Å²) in [6.07, 6.45) is 40.1. The molecule has 25 nitrogen and oxygen atoms in total. The summed E-state index contributed by atoms with van der Waals surface area (Å²) in [5, 5.41) is 56.1. The molecule has 0 atom stereocenters. The molecule has 0 spiro atoms. The van der Waals surface area contributed by atoms with Crippen LogP contribution in [0.5, 0.6) is 17.2 Å². The highest BCUT2D eigenvalue weighted by atomic mass is 16.5. The molecule has 2 saturated heterocycles. The Hall–Kier alpha value is -13.1. The highest BCUT2D eigenvalue weighted by molar-refractivity contribution is 5.93. The van der Waals surface area contributed by atoms with Crippen LogP contribution in [0.15, 0.2) is 135 Å². The topological polar surface area (TPSA) is 307 Å². The van der Waals surface area contributed by atoms with Crippen LogP contribution in [0.1, 0.15) is 120 Å². The van der Waals surface area contributed by atoms with Gasteiger partial charge in [-0.1, -0.05) is 36.8 Å². The predicted molar refractivity (Wildman–Crippen MR) is 410 cm³/mol. The summed E-state index contributed by atoms with van der Waals surface area (Å²) in [5.41, 5.74) is 10.9. The number of pyridine rings is 6. The summed E-state index contributed by atoms with van der Waals surface area (Å²) < 4.78 is 22.1. The van der Waals surface area contributed by atoms with Crippen LogP contribution in [0.4, 0.5) is 26.9 Å². The molecule has 10 aromatic rings. The van der Waals surface area contributed by atoms with Crippen LogP contribution < -0.4 is 50.6 Å². The van der Waals surface area contributed by atoms with E-state index in [2.05, 4.69) is 108 Å². The van der Waals surface area contributed by atoms with E-state index in [4.69, 9.17) is 48.4 Å². The number of benzene rings is 1. The van der Waals surface area contributed by atoms with Gasteiger partial charge in [-0.3, -0.25) is 9.78 Å². The number of fused-ring (bicyclic) bond motifs is 3. The average molecular weight is 1430 g/mol. The van der Waals surface area contributed by atoms with E-state index in [1.54, 1.807) is 56.8 Å². The first-order valence-electron chi connectivity index (χ1n) is 35.9. The number of nitrogens with one attached hydrogen (secondary N) is 5. The number of hydrogen-bond donors (Lipinski definition) is 5. The van der Waals surface area contributed by atoms with E-state index in [9.17, 15) is 30.2 Å². The number of amides is 5. The maximum atomic E-state index is 12.8. The lowest BCUT2D eigenvalue weighted by Gasteiger charge is -2.42. The molecule has 5 amide bonds. The molecular weight excluding hydrogens is 1350 g/mol. The van der Waals surface area contributed by atoms with Crippen LogP contribution in [-0.2, 0) is 11.2 Å². The third kappa shape index (κ3) is 18.1. The van der Waals surface area contributed by atoms with Crippen molar-refractivity contribution in [2.45, 2.75) is 110 Å². The summed E-state index contributed by atoms with van der Waals surface area (Å²) in [4.78, 5) is 55.5. The Morgan fingerprint density at radius 1 is 0.551 bits per heavy atom. The molecule has 544 valence electrons. The standard InChI is InChI=1S/C29H26N6O2.C27H30N6O2.C26H29N7O2/c1-3-20-6-5-7-24(14-20)33-29(36)21-10-12-34(13-11-21)27-9-8-22(17-31-27)26-15-25(37-4-2)19-35-28(26)23(16-30)18-32-35;1-4-12-29-26(34)32-27(3)10-8-19(9-11-27)13-22-7-6-20(16-30-22)24-14-23(35-5-2)18-33-25(24)21(15-28)17-31-33;1-4-11-28-25(34)31-26(5-2)9-12-32(13-10-26)23-8-7-19(16-29-23)22-14-21(35-6-3)18-33-24(22)20(15-27)17-30-33/h1,5-9,14-15,17-19,21H,4,10-13H2,2H3,(H,33,36);1,6-7,14,16-19H,5,8-13H2,2-3H3,(H2,29,32,34);1,7-8,14,16-18H,5-6,9-13H2,2-3H3,(H2,28,31,34). The Labute approximate surface area is 622 Å². The number of nitriles is 3. The van der Waals surface area contributed by atoms with E-state index in [1.807, 2.05) is 106 Å². The largest absolute Gasteiger partial charge is 0.492 e. The third-order valence-corrected chi connectivity index (χ3v) is 19.7. The van der Waals surface area contributed by atoms with E-state index in [0.717, 1.165) is 169 Å². The number of aromatic nitrogens is 9. The van der Waals surface area contributed by atoms with E-state index >= 15 is 0 Å². The number of hydrogen-bond acceptors (Lipinski definition) is 17. The molecule has 0 radical (unpaired) electrons. The van der Waals surface area contributed by atoms with Gasteiger partial charge in [0.25, 0.3) is 0 Å². The molecule has 1 aliphatic carbocycles. The number of rotatable bonds is 20. The summed E-state index contributed by atoms with van der Waals surface area (Å²) in [5.74, 6) is 11.7. The van der Waals surface area contributed by atoms with Gasteiger partial charge in [-0.15, -0.1) is 19.3 Å². The van der Waals surface area contributed by atoms with Crippen molar-refractivity contribution in [3.8, 4) is 106 Å². The second-order valence-corrected chi connectivity index (χ2v) is 26.6. The van der Waals surface area contributed by atoms with Crippen molar-refractivity contribution in [3.05, 3.63) is 163 Å². The Morgan fingerprint density at radius 3 is 1.42 bits per heavy atom. The highest BCUT2D eigenvalue weighted by Gasteiger charge is 2.36. The van der Waals surface area contributed by atoms with Crippen molar-refractivity contribution < 1.29 is 28.6 Å². The van der Waals surface area contributed by atoms with Gasteiger partial charge in [-0.25, -0.2) is 33.1 Å². The van der Waals surface area contributed by atoms with Gasteiger partial charge in [0.05, 0.1) is 103 Å². The van der Waals surface area contributed by atoms with Gasteiger partial charge in [0.1, 0.15) is 47.1 Å². The smallest absolute Gasteiger partial charge is 0.315 e. The number of terminal acetylenes is 3. The van der Waals surface area contributed by atoms with Crippen molar-refractivity contribution in [2.75, 3.05) is 74.2 Å². The summed E-state index contributed by atoms with van der Waals surface area (Å²) in [6.45, 7) is 15.0. The minimum atomic E-state index is -0.254. The van der Waals surface area contributed by atoms with Gasteiger partial charge in [0, 0.05) is 112 Å². The first-order chi connectivity index (χ1) is 52.0. The number of piperidine rings is 2. The Kier molecular flexibility index (Phi) is 24.5. The van der Waals surface area contributed by atoms with Crippen LogP contribution in [0, 0.1) is 82.9 Å². The molecule has 2 aliphatic heterocycles.